The summed E-state index contributed by atoms with van der Waals surface area (Å²) in [6, 6.07) is 1.76. The van der Waals surface area contributed by atoms with E-state index in [1.807, 2.05) is 13.8 Å². The molecule has 0 bridgehead atoms. The van der Waals surface area contributed by atoms with E-state index in [4.69, 9.17) is 5.73 Å². The van der Waals surface area contributed by atoms with Gasteiger partial charge in [0.15, 0.2) is 17.5 Å². The molecule has 1 atom stereocenters. The molecule has 0 spiro atoms. The minimum atomic E-state index is -1.49. The Hall–Kier alpha value is -1.98. The number of nitrogens with two attached hydrogens (primary N) is 1. The van der Waals surface area contributed by atoms with Crippen LogP contribution < -0.4 is 5.73 Å². The third-order valence-corrected chi connectivity index (χ3v) is 3.08. The zero-order valence-corrected chi connectivity index (χ0v) is 10.6. The second-order valence-corrected chi connectivity index (χ2v) is 4.45. The second kappa shape index (κ2) is 4.95. The summed E-state index contributed by atoms with van der Waals surface area (Å²) in [6.07, 6.45) is 2.31. The highest BCUT2D eigenvalue weighted by Gasteiger charge is 2.16. The molecule has 3 nitrogen and oxygen atoms in total. The first-order chi connectivity index (χ1) is 8.93. The lowest BCUT2D eigenvalue weighted by atomic mass is 10.0. The van der Waals surface area contributed by atoms with E-state index in [9.17, 15) is 13.2 Å². The van der Waals surface area contributed by atoms with Crippen LogP contribution in [-0.4, -0.2) is 9.78 Å². The predicted octanol–water partition coefficient (Wildman–Crippen LogP) is 3.39. The van der Waals surface area contributed by atoms with Gasteiger partial charge in [-0.2, -0.15) is 5.10 Å². The average molecular weight is 269 g/mol. The summed E-state index contributed by atoms with van der Waals surface area (Å²) in [5.74, 6) is -3.87. The van der Waals surface area contributed by atoms with Gasteiger partial charge in [-0.15, -0.1) is 0 Å². The normalized spacial score (nSPS) is 12.7. The molecule has 0 aliphatic heterocycles. The molecule has 1 aromatic carbocycles. The number of hydrogen-bond acceptors (Lipinski definition) is 2. The second-order valence-electron chi connectivity index (χ2n) is 4.45. The van der Waals surface area contributed by atoms with E-state index in [2.05, 4.69) is 5.10 Å². The standard InChI is InChI=1S/C13H14F3N3/c1-3-7(2)13-11(17)6-19(18-13)8-4-9(14)12(16)10(15)5-8/h4-7H,3,17H2,1-2H3. The molecule has 6 heteroatoms. The SMILES string of the molecule is CCC(C)c1nn(-c2cc(F)c(F)c(F)c2)cc1N. The van der Waals surface area contributed by atoms with Crippen molar-refractivity contribution in [2.45, 2.75) is 26.2 Å². The van der Waals surface area contributed by atoms with Crippen molar-refractivity contribution in [1.29, 1.82) is 0 Å². The van der Waals surface area contributed by atoms with Gasteiger partial charge in [0.05, 0.1) is 23.3 Å². The molecule has 2 rings (SSSR count). The summed E-state index contributed by atoms with van der Waals surface area (Å²) in [5.41, 5.74) is 7.02. The highest BCUT2D eigenvalue weighted by atomic mass is 19.2. The van der Waals surface area contributed by atoms with E-state index in [1.54, 1.807) is 0 Å². The van der Waals surface area contributed by atoms with Gasteiger partial charge in [0, 0.05) is 18.1 Å². The Bertz CT molecular complexity index is 584. The summed E-state index contributed by atoms with van der Waals surface area (Å²) in [6.45, 7) is 3.94. The number of nitrogens with zero attached hydrogens (tertiary/aromatic N) is 2. The monoisotopic (exact) mass is 269 g/mol. The van der Waals surface area contributed by atoms with Crippen LogP contribution in [0.1, 0.15) is 31.9 Å². The van der Waals surface area contributed by atoms with Gasteiger partial charge in [-0.25, -0.2) is 17.9 Å². The molecule has 0 saturated carbocycles. The lowest BCUT2D eigenvalue weighted by molar-refractivity contribution is 0.446. The summed E-state index contributed by atoms with van der Waals surface area (Å²) < 4.78 is 40.5. The van der Waals surface area contributed by atoms with Gasteiger partial charge in [-0.1, -0.05) is 13.8 Å². The number of hydrogen-bond donors (Lipinski definition) is 1. The molecule has 2 N–H and O–H groups in total. The minimum Gasteiger partial charge on any atom is -0.396 e. The molecule has 1 unspecified atom stereocenters. The molecule has 0 amide bonds. The lowest BCUT2D eigenvalue weighted by Crippen LogP contribution is -2.01. The van der Waals surface area contributed by atoms with Crippen molar-refractivity contribution in [3.8, 4) is 5.69 Å². The molecule has 1 aromatic heterocycles. The van der Waals surface area contributed by atoms with Gasteiger partial charge in [-0.05, 0) is 6.42 Å². The lowest BCUT2D eigenvalue weighted by Gasteiger charge is -2.05. The third kappa shape index (κ3) is 2.43. The Balaban J connectivity index is 2.48. The molecule has 2 aromatic rings. The van der Waals surface area contributed by atoms with E-state index in [0.29, 0.717) is 11.4 Å². The van der Waals surface area contributed by atoms with Crippen LogP contribution in [-0.2, 0) is 0 Å². The van der Waals surface area contributed by atoms with Crippen molar-refractivity contribution in [3.05, 3.63) is 41.5 Å². The van der Waals surface area contributed by atoms with Crippen LogP contribution in [0, 0.1) is 17.5 Å². The highest BCUT2D eigenvalue weighted by Crippen LogP contribution is 2.25. The van der Waals surface area contributed by atoms with E-state index in [-0.39, 0.29) is 11.6 Å². The number of rotatable bonds is 3. The molecular weight excluding hydrogens is 255 g/mol. The van der Waals surface area contributed by atoms with E-state index in [1.165, 1.54) is 10.9 Å². The predicted molar refractivity (Wildman–Crippen MR) is 66.6 cm³/mol. The van der Waals surface area contributed by atoms with E-state index in [0.717, 1.165) is 18.6 Å². The maximum atomic E-state index is 13.2. The summed E-state index contributed by atoms with van der Waals surface area (Å²) in [4.78, 5) is 0. The van der Waals surface area contributed by atoms with Crippen LogP contribution in [0.5, 0.6) is 0 Å². The van der Waals surface area contributed by atoms with Crippen LogP contribution in [0.2, 0.25) is 0 Å². The van der Waals surface area contributed by atoms with Crippen molar-refractivity contribution in [1.82, 2.24) is 9.78 Å². The molecule has 1 heterocycles. The molecule has 0 saturated heterocycles. The third-order valence-electron chi connectivity index (χ3n) is 3.08. The largest absolute Gasteiger partial charge is 0.396 e. The first kappa shape index (κ1) is 13.5. The summed E-state index contributed by atoms with van der Waals surface area (Å²) in [7, 11) is 0. The molecule has 19 heavy (non-hydrogen) atoms. The van der Waals surface area contributed by atoms with Gasteiger partial charge in [0.25, 0.3) is 0 Å². The number of aromatic nitrogens is 2. The quantitative estimate of drug-likeness (QED) is 0.868. The fourth-order valence-corrected chi connectivity index (χ4v) is 1.78. The summed E-state index contributed by atoms with van der Waals surface area (Å²) >= 11 is 0. The van der Waals surface area contributed by atoms with E-state index < -0.39 is 17.5 Å². The van der Waals surface area contributed by atoms with Crippen molar-refractivity contribution in [3.63, 3.8) is 0 Å². The average Bonchev–Trinajstić information content (AvgIpc) is 2.76. The zero-order valence-electron chi connectivity index (χ0n) is 10.6. The Morgan fingerprint density at radius 1 is 1.26 bits per heavy atom. The molecular formula is C13H14F3N3. The van der Waals surface area contributed by atoms with Gasteiger partial charge >= 0.3 is 0 Å². The van der Waals surface area contributed by atoms with Crippen LogP contribution in [0.3, 0.4) is 0 Å². The molecule has 0 aliphatic rings. The number of halogens is 3. The topological polar surface area (TPSA) is 43.8 Å². The maximum absolute atomic E-state index is 13.2. The van der Waals surface area contributed by atoms with E-state index >= 15 is 0 Å². The highest BCUT2D eigenvalue weighted by molar-refractivity contribution is 5.46. The number of nitrogen functional groups attached to an aromatic ring is 1. The van der Waals surface area contributed by atoms with Crippen LogP contribution in [0.4, 0.5) is 18.9 Å². The maximum Gasteiger partial charge on any atom is 0.194 e. The van der Waals surface area contributed by atoms with Crippen LogP contribution >= 0.6 is 0 Å². The molecule has 102 valence electrons. The van der Waals surface area contributed by atoms with Crippen LogP contribution in [0.25, 0.3) is 5.69 Å². The first-order valence-corrected chi connectivity index (χ1v) is 5.94. The minimum absolute atomic E-state index is 0.0950. The number of benzene rings is 1. The van der Waals surface area contributed by atoms with Gasteiger partial charge in [0.1, 0.15) is 0 Å². The smallest absolute Gasteiger partial charge is 0.194 e. The van der Waals surface area contributed by atoms with Crippen molar-refractivity contribution in [2.24, 2.45) is 0 Å². The molecule has 0 aliphatic carbocycles. The number of anilines is 1. The fraction of sp³-hybridized carbons (Fsp3) is 0.308. The van der Waals surface area contributed by atoms with Crippen molar-refractivity contribution in [2.75, 3.05) is 5.73 Å². The Labute approximate surface area is 108 Å². The zero-order chi connectivity index (χ0) is 14.2. The van der Waals surface area contributed by atoms with Gasteiger partial charge < -0.3 is 5.73 Å². The Morgan fingerprint density at radius 3 is 2.37 bits per heavy atom. The Kier molecular flexibility index (Phi) is 3.50. The first-order valence-electron chi connectivity index (χ1n) is 5.94. The van der Waals surface area contributed by atoms with Crippen LogP contribution in [0.15, 0.2) is 18.3 Å². The van der Waals surface area contributed by atoms with Gasteiger partial charge in [0.2, 0.25) is 0 Å². The summed E-state index contributed by atoms with van der Waals surface area (Å²) in [5, 5.41) is 4.20. The van der Waals surface area contributed by atoms with Gasteiger partial charge in [-0.3, -0.25) is 0 Å². The molecule has 0 fully saturated rings. The van der Waals surface area contributed by atoms with Crippen molar-refractivity contribution >= 4 is 5.69 Å². The fourth-order valence-electron chi connectivity index (χ4n) is 1.78. The van der Waals surface area contributed by atoms with Crippen molar-refractivity contribution < 1.29 is 13.2 Å². The molecule has 0 radical (unpaired) electrons. The Morgan fingerprint density at radius 2 is 1.84 bits per heavy atom.